The number of benzene rings is 1. The minimum Gasteiger partial charge on any atom is -0.396 e. The summed E-state index contributed by atoms with van der Waals surface area (Å²) in [5.74, 6) is 0.628. The number of aliphatic hydroxyl groups excluding tert-OH is 1. The maximum atomic E-state index is 9.13. The molecule has 0 bridgehead atoms. The molecule has 2 N–H and O–H groups in total. The van der Waals surface area contributed by atoms with E-state index >= 15 is 0 Å². The van der Waals surface area contributed by atoms with Gasteiger partial charge in [-0.2, -0.15) is 0 Å². The van der Waals surface area contributed by atoms with Gasteiger partial charge in [-0.1, -0.05) is 43.7 Å². The fraction of sp³-hybridized carbons (Fsp3) is 0.667. The fourth-order valence-electron chi connectivity index (χ4n) is 3.26. The van der Waals surface area contributed by atoms with Gasteiger partial charge in [0.25, 0.3) is 0 Å². The van der Waals surface area contributed by atoms with Crippen molar-refractivity contribution in [3.63, 3.8) is 0 Å². The predicted molar refractivity (Wildman–Crippen MR) is 88.2 cm³/mol. The average molecular weight is 290 g/mol. The Morgan fingerprint density at radius 3 is 2.81 bits per heavy atom. The lowest BCUT2D eigenvalue weighted by atomic mass is 10.00. The molecule has 3 nitrogen and oxygen atoms in total. The number of hydrogen-bond acceptors (Lipinski definition) is 3. The second kappa shape index (κ2) is 9.19. The van der Waals surface area contributed by atoms with Crippen LogP contribution in [0.5, 0.6) is 0 Å². The summed E-state index contributed by atoms with van der Waals surface area (Å²) >= 11 is 0. The van der Waals surface area contributed by atoms with E-state index in [2.05, 4.69) is 47.5 Å². The van der Waals surface area contributed by atoms with Crippen LogP contribution in [0.4, 0.5) is 0 Å². The summed E-state index contributed by atoms with van der Waals surface area (Å²) in [7, 11) is 0. The third-order valence-corrected chi connectivity index (χ3v) is 4.45. The summed E-state index contributed by atoms with van der Waals surface area (Å²) in [6, 6.07) is 11.3. The van der Waals surface area contributed by atoms with Gasteiger partial charge in [0.15, 0.2) is 0 Å². The summed E-state index contributed by atoms with van der Waals surface area (Å²) in [5, 5.41) is 12.8. The smallest absolute Gasteiger partial charge is 0.0434 e. The molecule has 1 aromatic rings. The van der Waals surface area contributed by atoms with Crippen LogP contribution in [0.2, 0.25) is 0 Å². The molecule has 2 unspecified atom stereocenters. The van der Waals surface area contributed by atoms with Crippen LogP contribution >= 0.6 is 0 Å². The molecule has 0 aromatic heterocycles. The monoisotopic (exact) mass is 290 g/mol. The summed E-state index contributed by atoms with van der Waals surface area (Å²) < 4.78 is 0. The highest BCUT2D eigenvalue weighted by Gasteiger charge is 2.22. The topological polar surface area (TPSA) is 35.5 Å². The molecule has 0 saturated carbocycles. The zero-order chi connectivity index (χ0) is 14.9. The molecule has 0 radical (unpaired) electrons. The van der Waals surface area contributed by atoms with Gasteiger partial charge >= 0.3 is 0 Å². The molecule has 3 heteroatoms. The van der Waals surface area contributed by atoms with E-state index in [1.807, 2.05) is 0 Å². The normalized spacial score (nSPS) is 20.8. The van der Waals surface area contributed by atoms with Crippen molar-refractivity contribution in [2.24, 2.45) is 5.92 Å². The van der Waals surface area contributed by atoms with Gasteiger partial charge in [0.1, 0.15) is 0 Å². The van der Waals surface area contributed by atoms with Crippen molar-refractivity contribution in [2.75, 3.05) is 26.2 Å². The van der Waals surface area contributed by atoms with Crippen molar-refractivity contribution in [1.29, 1.82) is 0 Å². The Balaban J connectivity index is 1.70. The number of aliphatic hydroxyl groups is 1. The Labute approximate surface area is 129 Å². The lowest BCUT2D eigenvalue weighted by Gasteiger charge is -2.20. The maximum absolute atomic E-state index is 9.13. The van der Waals surface area contributed by atoms with E-state index in [0.717, 1.165) is 26.1 Å². The molecular weight excluding hydrogens is 260 g/mol. The summed E-state index contributed by atoms with van der Waals surface area (Å²) in [4.78, 5) is 2.54. The number of likely N-dealkylation sites (tertiary alicyclic amines) is 1. The van der Waals surface area contributed by atoms with E-state index in [4.69, 9.17) is 5.11 Å². The Bertz CT molecular complexity index is 376. The molecule has 1 saturated heterocycles. The molecule has 1 heterocycles. The zero-order valence-corrected chi connectivity index (χ0v) is 13.3. The van der Waals surface area contributed by atoms with Crippen LogP contribution in [-0.2, 0) is 6.54 Å². The van der Waals surface area contributed by atoms with Crippen LogP contribution in [0.25, 0.3) is 0 Å². The van der Waals surface area contributed by atoms with Gasteiger partial charge in [-0.3, -0.25) is 4.90 Å². The molecule has 2 rings (SSSR count). The minimum absolute atomic E-state index is 0.317. The first-order valence-electron chi connectivity index (χ1n) is 8.42. The highest BCUT2D eigenvalue weighted by Crippen LogP contribution is 2.15. The highest BCUT2D eigenvalue weighted by molar-refractivity contribution is 5.14. The molecule has 1 aliphatic rings. The Kier molecular flexibility index (Phi) is 7.20. The molecule has 118 valence electrons. The molecule has 2 atom stereocenters. The molecule has 0 aliphatic carbocycles. The van der Waals surface area contributed by atoms with Crippen LogP contribution in [-0.4, -0.2) is 42.3 Å². The first-order chi connectivity index (χ1) is 10.3. The van der Waals surface area contributed by atoms with Crippen molar-refractivity contribution in [1.82, 2.24) is 10.2 Å². The average Bonchev–Trinajstić information content (AvgIpc) is 2.94. The van der Waals surface area contributed by atoms with Crippen molar-refractivity contribution >= 4 is 0 Å². The number of hydrogen-bond donors (Lipinski definition) is 2. The van der Waals surface area contributed by atoms with Crippen LogP contribution < -0.4 is 5.32 Å². The van der Waals surface area contributed by atoms with Crippen LogP contribution in [0.3, 0.4) is 0 Å². The van der Waals surface area contributed by atoms with Gasteiger partial charge in [0.2, 0.25) is 0 Å². The van der Waals surface area contributed by atoms with E-state index in [-0.39, 0.29) is 0 Å². The number of nitrogens with one attached hydrogen (secondary N) is 1. The second-order valence-electron chi connectivity index (χ2n) is 6.28. The SMILES string of the molecule is CCCC(CCO)CNC1CCN(Cc2ccccc2)C1. The third kappa shape index (κ3) is 5.77. The van der Waals surface area contributed by atoms with E-state index in [1.54, 1.807) is 0 Å². The Morgan fingerprint density at radius 2 is 2.10 bits per heavy atom. The Hall–Kier alpha value is -0.900. The lowest BCUT2D eigenvalue weighted by molar-refractivity contribution is 0.244. The van der Waals surface area contributed by atoms with Crippen LogP contribution in [0.15, 0.2) is 30.3 Å². The van der Waals surface area contributed by atoms with E-state index in [0.29, 0.717) is 18.6 Å². The fourth-order valence-corrected chi connectivity index (χ4v) is 3.26. The number of nitrogens with zero attached hydrogens (tertiary/aromatic N) is 1. The van der Waals surface area contributed by atoms with Crippen LogP contribution in [0, 0.1) is 5.92 Å². The van der Waals surface area contributed by atoms with E-state index < -0.39 is 0 Å². The van der Waals surface area contributed by atoms with Crippen molar-refractivity contribution in [2.45, 2.75) is 45.2 Å². The van der Waals surface area contributed by atoms with Crippen molar-refractivity contribution < 1.29 is 5.11 Å². The molecule has 21 heavy (non-hydrogen) atoms. The first kappa shape index (κ1) is 16.5. The van der Waals surface area contributed by atoms with E-state index in [1.165, 1.54) is 31.4 Å². The van der Waals surface area contributed by atoms with Gasteiger partial charge in [-0.05, 0) is 37.3 Å². The quantitative estimate of drug-likeness (QED) is 0.734. The van der Waals surface area contributed by atoms with Gasteiger partial charge in [0, 0.05) is 32.3 Å². The van der Waals surface area contributed by atoms with Crippen molar-refractivity contribution in [3.05, 3.63) is 35.9 Å². The maximum Gasteiger partial charge on any atom is 0.0434 e. The third-order valence-electron chi connectivity index (χ3n) is 4.45. The summed E-state index contributed by atoms with van der Waals surface area (Å²) in [6.07, 6.45) is 4.59. The molecule has 1 fully saturated rings. The molecule has 0 spiro atoms. The number of rotatable bonds is 9. The molecule has 1 aliphatic heterocycles. The van der Waals surface area contributed by atoms with Gasteiger partial charge < -0.3 is 10.4 Å². The van der Waals surface area contributed by atoms with Gasteiger partial charge in [-0.25, -0.2) is 0 Å². The first-order valence-corrected chi connectivity index (χ1v) is 8.42. The minimum atomic E-state index is 0.317. The van der Waals surface area contributed by atoms with Gasteiger partial charge in [0.05, 0.1) is 0 Å². The lowest BCUT2D eigenvalue weighted by Crippen LogP contribution is -2.36. The molecule has 1 aromatic carbocycles. The Morgan fingerprint density at radius 1 is 1.29 bits per heavy atom. The molecule has 0 amide bonds. The predicted octanol–water partition coefficient (Wildman–Crippen LogP) is 2.65. The molecular formula is C18H30N2O. The largest absolute Gasteiger partial charge is 0.396 e. The second-order valence-corrected chi connectivity index (χ2v) is 6.28. The van der Waals surface area contributed by atoms with E-state index in [9.17, 15) is 0 Å². The summed E-state index contributed by atoms with van der Waals surface area (Å²) in [5.41, 5.74) is 1.40. The highest BCUT2D eigenvalue weighted by atomic mass is 16.3. The van der Waals surface area contributed by atoms with Crippen LogP contribution in [0.1, 0.15) is 38.2 Å². The summed E-state index contributed by atoms with van der Waals surface area (Å²) in [6.45, 7) is 6.99. The standard InChI is InChI=1S/C18H30N2O/c1-2-6-16(10-12-21)13-19-18-9-11-20(15-18)14-17-7-4-3-5-8-17/h3-5,7-8,16,18-19,21H,2,6,9-15H2,1H3. The van der Waals surface area contributed by atoms with Gasteiger partial charge in [-0.15, -0.1) is 0 Å². The van der Waals surface area contributed by atoms with Crippen molar-refractivity contribution in [3.8, 4) is 0 Å². The zero-order valence-electron chi connectivity index (χ0n) is 13.3.